The van der Waals surface area contributed by atoms with Crippen LogP contribution < -0.4 is 0 Å². The van der Waals surface area contributed by atoms with E-state index in [4.69, 9.17) is 12.6 Å². The van der Waals surface area contributed by atoms with Crippen LogP contribution in [0.15, 0.2) is 0 Å². The van der Waals surface area contributed by atoms with Gasteiger partial charge in [0, 0.05) is 0 Å². The molecule has 1 unspecified atom stereocenters. The van der Waals surface area contributed by atoms with Gasteiger partial charge in [0.2, 0.25) is 0 Å². The Hall–Kier alpha value is 1.17. The van der Waals surface area contributed by atoms with Crippen molar-refractivity contribution in [2.24, 2.45) is 5.92 Å². The first-order chi connectivity index (χ1) is 7.47. The van der Waals surface area contributed by atoms with Crippen LogP contribution in [0.4, 0.5) is 0 Å². The Morgan fingerprint density at radius 2 is 1.50 bits per heavy atom. The molecule has 0 saturated carbocycles. The molecule has 0 amide bonds. The molecule has 0 aliphatic rings. The standard InChI is InChI=1S/C8H18S.2C3H7.Sb/c1-3-5-6-8(4-2)7-9;2*1-3-2;/h8-9H,3-7H2,1-2H3;2*3H,1-2H3;/q;;;+1/p-1. The molecule has 0 saturated heterocycles. The van der Waals surface area contributed by atoms with E-state index < -0.39 is 0 Å². The predicted molar refractivity (Wildman–Crippen MR) is 81.5 cm³/mol. The Kier molecular flexibility index (Phi) is 17.3. The third-order valence-corrected chi connectivity index (χ3v) is 6.25. The molecule has 98 valence electrons. The van der Waals surface area contributed by atoms with E-state index in [1.54, 1.807) is 0 Å². The zero-order valence-corrected chi connectivity index (χ0v) is 15.5. The van der Waals surface area contributed by atoms with Crippen LogP contribution in [0.1, 0.15) is 67.2 Å². The van der Waals surface area contributed by atoms with Crippen LogP contribution in [0.25, 0.3) is 0 Å². The summed E-state index contributed by atoms with van der Waals surface area (Å²) in [5.41, 5.74) is 0. The monoisotopic (exact) mass is 352 g/mol. The summed E-state index contributed by atoms with van der Waals surface area (Å²) >= 11 is 5.18. The topological polar surface area (TPSA) is 0 Å². The van der Waals surface area contributed by atoms with Crippen LogP contribution in [0.3, 0.4) is 0 Å². The fraction of sp³-hybridized carbons (Fsp3) is 1.00. The first-order valence-corrected chi connectivity index (χ1v) is 10.3. The van der Waals surface area contributed by atoms with Gasteiger partial charge in [-0.15, -0.1) is 0 Å². The summed E-state index contributed by atoms with van der Waals surface area (Å²) in [6.45, 7) is 13.8. The van der Waals surface area contributed by atoms with Gasteiger partial charge in [-0.25, -0.2) is 0 Å². The summed E-state index contributed by atoms with van der Waals surface area (Å²) < 4.78 is 2.05. The van der Waals surface area contributed by atoms with Crippen LogP contribution in [0, 0.1) is 5.92 Å². The molecule has 0 heterocycles. The quantitative estimate of drug-likeness (QED) is 0.453. The maximum atomic E-state index is 4.99. The van der Waals surface area contributed by atoms with Gasteiger partial charge in [-0.05, 0) is 0 Å². The van der Waals surface area contributed by atoms with E-state index in [9.17, 15) is 0 Å². The van der Waals surface area contributed by atoms with Crippen molar-refractivity contribution < 1.29 is 0 Å². The molecule has 0 aromatic carbocycles. The number of rotatable bonds is 7. The Labute approximate surface area is 120 Å². The summed E-state index contributed by atoms with van der Waals surface area (Å²) in [4.78, 5) is 0. The molecule has 2 heteroatoms. The molecule has 0 aliphatic heterocycles. The van der Waals surface area contributed by atoms with Gasteiger partial charge >= 0.3 is 57.0 Å². The van der Waals surface area contributed by atoms with E-state index in [0.29, 0.717) is 0 Å². The van der Waals surface area contributed by atoms with Gasteiger partial charge in [0.05, 0.1) is 0 Å². The van der Waals surface area contributed by atoms with Gasteiger partial charge < -0.3 is 12.6 Å². The molecule has 1 atom stereocenters. The Balaban J connectivity index is 0. The summed E-state index contributed by atoms with van der Waals surface area (Å²) in [5, 5.41) is 0. The van der Waals surface area contributed by atoms with Crippen LogP contribution in [-0.4, -0.2) is 27.4 Å². The summed E-state index contributed by atoms with van der Waals surface area (Å²) in [5.74, 6) is 1.77. The van der Waals surface area contributed by atoms with Crippen molar-refractivity contribution >= 4 is 34.2 Å². The minimum atomic E-state index is 0.194. The van der Waals surface area contributed by atoms with Crippen molar-refractivity contribution in [3.63, 3.8) is 0 Å². The van der Waals surface area contributed by atoms with Crippen LogP contribution in [0.5, 0.6) is 0 Å². The average Bonchev–Trinajstić information content (AvgIpc) is 2.18. The van der Waals surface area contributed by atoms with Crippen molar-refractivity contribution in [3.8, 4) is 0 Å². The normalized spacial score (nSPS) is 12.6. The van der Waals surface area contributed by atoms with Gasteiger partial charge in [0.1, 0.15) is 0 Å². The van der Waals surface area contributed by atoms with Gasteiger partial charge in [-0.2, -0.15) is 5.75 Å². The molecule has 0 spiro atoms. The van der Waals surface area contributed by atoms with Crippen LogP contribution >= 0.6 is 0 Å². The Morgan fingerprint density at radius 3 is 1.69 bits per heavy atom. The van der Waals surface area contributed by atoms with E-state index in [-0.39, 0.29) is 21.6 Å². The number of hydrogen-bond donors (Lipinski definition) is 0. The Morgan fingerprint density at radius 1 is 1.00 bits per heavy atom. The number of unbranched alkanes of at least 4 members (excludes halogenated alkanes) is 1. The summed E-state index contributed by atoms with van der Waals surface area (Å²) in [6, 6.07) is 0. The fourth-order valence-corrected chi connectivity index (χ4v) is 5.30. The molecule has 0 aromatic heterocycles. The van der Waals surface area contributed by atoms with E-state index in [1.807, 2.05) is 0 Å². The molecular formula is C14H31SSb. The molecule has 0 aliphatic carbocycles. The second-order valence-electron chi connectivity index (χ2n) is 4.92. The number of hydrogen-bond acceptors (Lipinski definition) is 1. The van der Waals surface area contributed by atoms with Crippen molar-refractivity contribution in [1.82, 2.24) is 0 Å². The molecule has 0 rings (SSSR count). The van der Waals surface area contributed by atoms with Crippen LogP contribution in [-0.2, 0) is 12.6 Å². The minimum absolute atomic E-state index is 0.194. The van der Waals surface area contributed by atoms with E-state index in [0.717, 1.165) is 19.4 Å². The third-order valence-electron chi connectivity index (χ3n) is 2.38. The van der Waals surface area contributed by atoms with Crippen molar-refractivity contribution in [3.05, 3.63) is 0 Å². The van der Waals surface area contributed by atoms with Gasteiger partial charge in [0.15, 0.2) is 0 Å². The van der Waals surface area contributed by atoms with E-state index in [2.05, 4.69) is 41.5 Å². The SMILES string of the molecule is CCCCC(CC)C[S-].C[CH](C)[Sb+][CH](C)C. The molecular weight excluding hydrogens is 322 g/mol. The van der Waals surface area contributed by atoms with Crippen molar-refractivity contribution in [1.29, 1.82) is 0 Å². The van der Waals surface area contributed by atoms with E-state index in [1.165, 1.54) is 25.7 Å². The first-order valence-electron chi connectivity index (χ1n) is 6.75. The second kappa shape index (κ2) is 14.2. The molecule has 2 radical (unpaired) electrons. The van der Waals surface area contributed by atoms with Gasteiger partial charge in [-0.3, -0.25) is 0 Å². The van der Waals surface area contributed by atoms with Gasteiger partial charge in [0.25, 0.3) is 0 Å². The second-order valence-corrected chi connectivity index (χ2v) is 12.0. The average molecular weight is 353 g/mol. The molecule has 0 bridgehead atoms. The predicted octanol–water partition coefficient (Wildman–Crippen LogP) is 5.10. The van der Waals surface area contributed by atoms with Crippen LogP contribution in [0.2, 0.25) is 7.73 Å². The summed E-state index contributed by atoms with van der Waals surface area (Å²) in [6.07, 6.45) is 5.28. The zero-order chi connectivity index (χ0) is 13.0. The third kappa shape index (κ3) is 17.6. The van der Waals surface area contributed by atoms with Gasteiger partial charge in [-0.1, -0.05) is 45.4 Å². The molecule has 16 heavy (non-hydrogen) atoms. The maximum absolute atomic E-state index is 4.99. The molecule has 0 aromatic rings. The Bertz CT molecular complexity index is 114. The summed E-state index contributed by atoms with van der Waals surface area (Å²) in [7, 11) is 0. The first kappa shape index (κ1) is 19.5. The fourth-order valence-electron chi connectivity index (χ4n) is 1.49. The van der Waals surface area contributed by atoms with E-state index >= 15 is 0 Å². The van der Waals surface area contributed by atoms with Crippen molar-refractivity contribution in [2.45, 2.75) is 75.0 Å². The molecule has 0 fully saturated rings. The molecule has 0 nitrogen and oxygen atoms in total. The zero-order valence-electron chi connectivity index (χ0n) is 12.1. The van der Waals surface area contributed by atoms with Crippen molar-refractivity contribution in [2.75, 3.05) is 5.75 Å². The molecule has 0 N–H and O–H groups in total.